The van der Waals surface area contributed by atoms with Crippen molar-refractivity contribution in [2.75, 3.05) is 17.8 Å². The highest BCUT2D eigenvalue weighted by Crippen LogP contribution is 2.41. The van der Waals surface area contributed by atoms with E-state index in [1.54, 1.807) is 12.1 Å². The average molecular weight is 405 g/mol. The lowest BCUT2D eigenvalue weighted by Crippen LogP contribution is -2.34. The molecule has 0 unspecified atom stereocenters. The van der Waals surface area contributed by atoms with Crippen molar-refractivity contribution in [3.63, 3.8) is 0 Å². The van der Waals surface area contributed by atoms with Gasteiger partial charge in [-0.3, -0.25) is 4.72 Å². The predicted molar refractivity (Wildman–Crippen MR) is 107 cm³/mol. The van der Waals surface area contributed by atoms with Gasteiger partial charge in [-0.05, 0) is 86.7 Å². The van der Waals surface area contributed by atoms with E-state index < -0.39 is 15.8 Å². The molecule has 1 aliphatic carbocycles. The molecule has 7 heteroatoms. The highest BCUT2D eigenvalue weighted by Gasteiger charge is 2.28. The van der Waals surface area contributed by atoms with Crippen LogP contribution >= 0.6 is 0 Å². The lowest BCUT2D eigenvalue weighted by molar-refractivity contribution is 0.162. The van der Waals surface area contributed by atoms with Crippen molar-refractivity contribution >= 4 is 15.7 Å². The first-order chi connectivity index (χ1) is 13.5. The quantitative estimate of drug-likeness (QED) is 0.763. The van der Waals surface area contributed by atoms with Crippen molar-refractivity contribution in [3.05, 3.63) is 53.8 Å². The van der Waals surface area contributed by atoms with Gasteiger partial charge in [-0.25, -0.2) is 12.8 Å². The molecule has 2 aromatic rings. The normalized spacial score (nSPS) is 18.5. The van der Waals surface area contributed by atoms with Crippen LogP contribution in [-0.2, 0) is 10.0 Å². The summed E-state index contributed by atoms with van der Waals surface area (Å²) in [6.07, 6.45) is 5.09. The molecule has 0 spiro atoms. The second-order valence-corrected chi connectivity index (χ2v) is 9.16. The summed E-state index contributed by atoms with van der Waals surface area (Å²) in [6, 6.07) is 10.7. The third-order valence-corrected chi connectivity index (χ3v) is 6.94. The van der Waals surface area contributed by atoms with Crippen LogP contribution in [0.5, 0.6) is 5.75 Å². The fourth-order valence-corrected chi connectivity index (χ4v) is 5.08. The van der Waals surface area contributed by atoms with E-state index >= 15 is 0 Å². The molecule has 0 bridgehead atoms. The van der Waals surface area contributed by atoms with Crippen LogP contribution in [0.2, 0.25) is 0 Å². The number of hydrogen-bond acceptors (Lipinski definition) is 4. The zero-order valence-corrected chi connectivity index (χ0v) is 16.5. The molecule has 2 N–H and O–H groups in total. The number of benzene rings is 2. The zero-order valence-electron chi connectivity index (χ0n) is 15.7. The van der Waals surface area contributed by atoms with Gasteiger partial charge in [-0.15, -0.1) is 0 Å². The Morgan fingerprint density at radius 1 is 1.04 bits per heavy atom. The topological polar surface area (TPSA) is 67.4 Å². The van der Waals surface area contributed by atoms with E-state index in [1.165, 1.54) is 24.3 Å². The standard InChI is InChI=1S/C21H25FN2O3S/c22-16-5-2-6-17(13-16)24-28(25,26)21-8-7-19(14-20(21)15-3-1-4-15)27-18-9-11-23-12-10-18/h2,5-8,13-15,18,23-24H,1,3-4,9-12H2. The molecule has 1 aliphatic heterocycles. The van der Waals surface area contributed by atoms with Crippen LogP contribution in [-0.4, -0.2) is 27.6 Å². The van der Waals surface area contributed by atoms with Crippen molar-refractivity contribution in [2.24, 2.45) is 0 Å². The highest BCUT2D eigenvalue weighted by atomic mass is 32.2. The molecule has 28 heavy (non-hydrogen) atoms. The van der Waals surface area contributed by atoms with Gasteiger partial charge in [0.05, 0.1) is 10.6 Å². The Bertz CT molecular complexity index is 938. The van der Waals surface area contributed by atoms with Gasteiger partial charge in [-0.2, -0.15) is 0 Å². The van der Waals surface area contributed by atoms with Crippen LogP contribution in [0.4, 0.5) is 10.1 Å². The summed E-state index contributed by atoms with van der Waals surface area (Å²) >= 11 is 0. The highest BCUT2D eigenvalue weighted by molar-refractivity contribution is 7.92. The van der Waals surface area contributed by atoms with Crippen LogP contribution in [0.1, 0.15) is 43.6 Å². The van der Waals surface area contributed by atoms with E-state index in [2.05, 4.69) is 10.0 Å². The van der Waals surface area contributed by atoms with Gasteiger partial charge >= 0.3 is 0 Å². The Morgan fingerprint density at radius 3 is 2.50 bits per heavy atom. The average Bonchev–Trinajstić information content (AvgIpc) is 2.61. The summed E-state index contributed by atoms with van der Waals surface area (Å²) in [6.45, 7) is 1.87. The maximum atomic E-state index is 13.4. The summed E-state index contributed by atoms with van der Waals surface area (Å²) < 4.78 is 48.0. The lowest BCUT2D eigenvalue weighted by atomic mass is 9.80. The van der Waals surface area contributed by atoms with E-state index in [0.29, 0.717) is 0 Å². The molecule has 2 aliphatic rings. The van der Waals surface area contributed by atoms with Crippen LogP contribution < -0.4 is 14.8 Å². The van der Waals surface area contributed by atoms with Crippen molar-refractivity contribution in [2.45, 2.75) is 49.0 Å². The molecule has 4 rings (SSSR count). The van der Waals surface area contributed by atoms with E-state index in [9.17, 15) is 12.8 Å². The van der Waals surface area contributed by atoms with Crippen LogP contribution in [0, 0.1) is 5.82 Å². The molecular formula is C21H25FN2O3S. The predicted octanol–water partition coefficient (Wildman–Crippen LogP) is 4.02. The molecule has 0 radical (unpaired) electrons. The Labute approximate surface area is 165 Å². The van der Waals surface area contributed by atoms with Crippen molar-refractivity contribution in [3.8, 4) is 5.75 Å². The number of halogens is 1. The van der Waals surface area contributed by atoms with Crippen molar-refractivity contribution in [1.29, 1.82) is 0 Å². The van der Waals surface area contributed by atoms with E-state index in [1.807, 2.05) is 6.07 Å². The first-order valence-electron chi connectivity index (χ1n) is 9.81. The van der Waals surface area contributed by atoms with E-state index in [-0.39, 0.29) is 22.6 Å². The maximum Gasteiger partial charge on any atom is 0.262 e. The van der Waals surface area contributed by atoms with Crippen LogP contribution in [0.25, 0.3) is 0 Å². The van der Waals surface area contributed by atoms with Gasteiger partial charge in [0, 0.05) is 0 Å². The minimum atomic E-state index is -3.81. The maximum absolute atomic E-state index is 13.4. The zero-order chi connectivity index (χ0) is 19.6. The molecule has 5 nitrogen and oxygen atoms in total. The third kappa shape index (κ3) is 4.31. The summed E-state index contributed by atoms with van der Waals surface area (Å²) in [4.78, 5) is 0.249. The molecule has 0 atom stereocenters. The lowest BCUT2D eigenvalue weighted by Gasteiger charge is -2.29. The molecule has 150 valence electrons. The second-order valence-electron chi connectivity index (χ2n) is 7.51. The van der Waals surface area contributed by atoms with Crippen LogP contribution in [0.3, 0.4) is 0 Å². The molecule has 1 heterocycles. The van der Waals surface area contributed by atoms with E-state index in [4.69, 9.17) is 4.74 Å². The number of sulfonamides is 1. The molecule has 2 fully saturated rings. The van der Waals surface area contributed by atoms with Crippen molar-refractivity contribution < 1.29 is 17.5 Å². The Balaban J connectivity index is 1.61. The number of anilines is 1. The number of nitrogens with one attached hydrogen (secondary N) is 2. The summed E-state index contributed by atoms with van der Waals surface area (Å²) in [5.74, 6) is 0.458. The fourth-order valence-electron chi connectivity index (χ4n) is 3.75. The Morgan fingerprint density at radius 2 is 1.82 bits per heavy atom. The smallest absolute Gasteiger partial charge is 0.262 e. The molecule has 1 saturated heterocycles. The number of hydrogen-bond donors (Lipinski definition) is 2. The van der Waals surface area contributed by atoms with Gasteiger partial charge < -0.3 is 10.1 Å². The number of rotatable bonds is 6. The van der Waals surface area contributed by atoms with E-state index in [0.717, 1.165) is 56.5 Å². The molecule has 1 saturated carbocycles. The van der Waals surface area contributed by atoms with Gasteiger partial charge in [0.2, 0.25) is 0 Å². The molecule has 0 aromatic heterocycles. The monoisotopic (exact) mass is 404 g/mol. The Hall–Kier alpha value is -2.12. The van der Waals surface area contributed by atoms with Crippen molar-refractivity contribution in [1.82, 2.24) is 5.32 Å². The Kier molecular flexibility index (Phi) is 5.55. The van der Waals surface area contributed by atoms with Gasteiger partial charge in [0.25, 0.3) is 10.0 Å². The third-order valence-electron chi connectivity index (χ3n) is 5.48. The summed E-state index contributed by atoms with van der Waals surface area (Å²) in [5.41, 5.74) is 1.01. The minimum Gasteiger partial charge on any atom is -0.490 e. The second kappa shape index (κ2) is 8.09. The minimum absolute atomic E-state index is 0.156. The molecule has 2 aromatic carbocycles. The summed E-state index contributed by atoms with van der Waals surface area (Å²) in [5, 5.41) is 3.31. The van der Waals surface area contributed by atoms with Gasteiger partial charge in [-0.1, -0.05) is 12.5 Å². The first kappa shape index (κ1) is 19.2. The molecular weight excluding hydrogens is 379 g/mol. The van der Waals surface area contributed by atoms with Gasteiger partial charge in [0.1, 0.15) is 17.7 Å². The SMILES string of the molecule is O=S(=O)(Nc1cccc(F)c1)c1ccc(OC2CCNCC2)cc1C1CCC1. The van der Waals surface area contributed by atoms with Crippen LogP contribution in [0.15, 0.2) is 47.4 Å². The number of piperidine rings is 1. The van der Waals surface area contributed by atoms with Gasteiger partial charge in [0.15, 0.2) is 0 Å². The number of ether oxygens (including phenoxy) is 1. The largest absolute Gasteiger partial charge is 0.490 e. The summed E-state index contributed by atoms with van der Waals surface area (Å²) in [7, 11) is -3.81. The molecule has 0 amide bonds. The fraction of sp³-hybridized carbons (Fsp3) is 0.429. The first-order valence-corrected chi connectivity index (χ1v) is 11.3.